The number of benzene rings is 2. The number of aryl methyl sites for hydroxylation is 1. The van der Waals surface area contributed by atoms with Crippen molar-refractivity contribution < 1.29 is 18.3 Å². The van der Waals surface area contributed by atoms with Crippen LogP contribution < -0.4 is 19.9 Å². The normalized spacial score (nSPS) is 13.8. The third kappa shape index (κ3) is 5.04. The lowest BCUT2D eigenvalue weighted by atomic mass is 10.2. The van der Waals surface area contributed by atoms with Gasteiger partial charge in [0.25, 0.3) is 0 Å². The third-order valence-electron chi connectivity index (χ3n) is 6.11. The average molecular weight is 494 g/mol. The van der Waals surface area contributed by atoms with E-state index >= 15 is 0 Å². The molecule has 0 bridgehead atoms. The highest BCUT2D eigenvalue weighted by Crippen LogP contribution is 2.23. The van der Waals surface area contributed by atoms with Gasteiger partial charge in [-0.05, 0) is 36.4 Å². The van der Waals surface area contributed by atoms with Crippen LogP contribution in [0.25, 0.3) is 5.65 Å². The van der Waals surface area contributed by atoms with Crippen molar-refractivity contribution in [3.63, 3.8) is 0 Å². The Morgan fingerprint density at radius 1 is 0.972 bits per heavy atom. The first-order valence-corrected chi connectivity index (χ1v) is 11.6. The number of carbonyl (C=O) groups is 1. The molecule has 0 saturated carbocycles. The molecule has 1 N–H and O–H groups in total. The van der Waals surface area contributed by atoms with Crippen molar-refractivity contribution in [1.82, 2.24) is 19.8 Å². The number of methoxy groups -OCH3 is 1. The first kappa shape index (κ1) is 23.5. The molecule has 36 heavy (non-hydrogen) atoms. The van der Waals surface area contributed by atoms with Crippen LogP contribution in [0.1, 0.15) is 12.2 Å². The van der Waals surface area contributed by atoms with Crippen LogP contribution in [0.4, 0.5) is 26.0 Å². The number of ether oxygens (including phenoxy) is 1. The van der Waals surface area contributed by atoms with Crippen LogP contribution in [0.15, 0.2) is 54.6 Å². The van der Waals surface area contributed by atoms with Gasteiger partial charge in [-0.1, -0.05) is 6.07 Å². The van der Waals surface area contributed by atoms with Gasteiger partial charge < -0.3 is 19.9 Å². The second kappa shape index (κ2) is 10.1. The molecule has 2 aromatic carbocycles. The molecular formula is C25H25F2N7O2. The van der Waals surface area contributed by atoms with E-state index in [-0.39, 0.29) is 24.4 Å². The minimum atomic E-state index is -1.02. The Hall–Kier alpha value is -4.28. The van der Waals surface area contributed by atoms with E-state index in [1.54, 1.807) is 11.6 Å². The summed E-state index contributed by atoms with van der Waals surface area (Å²) in [6, 6.07) is 15.0. The molecule has 1 aliphatic rings. The van der Waals surface area contributed by atoms with E-state index in [9.17, 15) is 13.6 Å². The van der Waals surface area contributed by atoms with Crippen LogP contribution >= 0.6 is 0 Å². The van der Waals surface area contributed by atoms with Crippen molar-refractivity contribution in [3.8, 4) is 5.75 Å². The molecule has 0 spiro atoms. The van der Waals surface area contributed by atoms with Gasteiger partial charge in [-0.15, -0.1) is 15.3 Å². The van der Waals surface area contributed by atoms with Crippen LogP contribution in [0.3, 0.4) is 0 Å². The fourth-order valence-corrected chi connectivity index (χ4v) is 4.17. The second-order valence-corrected chi connectivity index (χ2v) is 8.43. The lowest BCUT2D eigenvalue weighted by molar-refractivity contribution is -0.116. The van der Waals surface area contributed by atoms with Crippen LogP contribution in [0.2, 0.25) is 0 Å². The number of hydrogen-bond acceptors (Lipinski definition) is 7. The maximum atomic E-state index is 13.4. The van der Waals surface area contributed by atoms with Crippen molar-refractivity contribution in [2.24, 2.45) is 0 Å². The Kier molecular flexibility index (Phi) is 6.61. The topological polar surface area (TPSA) is 87.9 Å². The van der Waals surface area contributed by atoms with Gasteiger partial charge in [-0.2, -0.15) is 4.52 Å². The number of piperazine rings is 1. The van der Waals surface area contributed by atoms with Crippen molar-refractivity contribution in [2.45, 2.75) is 12.8 Å². The molecule has 1 aliphatic heterocycles. The maximum Gasteiger partial charge on any atom is 0.224 e. The fraction of sp³-hybridized carbons (Fsp3) is 0.280. The number of nitrogens with zero attached hydrogens (tertiary/aromatic N) is 6. The summed E-state index contributed by atoms with van der Waals surface area (Å²) in [7, 11) is 1.66. The lowest BCUT2D eigenvalue weighted by Crippen LogP contribution is -2.47. The van der Waals surface area contributed by atoms with Crippen LogP contribution in [-0.2, 0) is 11.2 Å². The zero-order chi connectivity index (χ0) is 25.1. The summed E-state index contributed by atoms with van der Waals surface area (Å²) in [5.41, 5.74) is 1.91. The zero-order valence-corrected chi connectivity index (χ0v) is 19.7. The number of hydrogen-bond donors (Lipinski definition) is 1. The largest absolute Gasteiger partial charge is 0.497 e. The second-order valence-electron chi connectivity index (χ2n) is 8.43. The van der Waals surface area contributed by atoms with E-state index in [1.165, 1.54) is 6.07 Å². The predicted molar refractivity (Wildman–Crippen MR) is 132 cm³/mol. The van der Waals surface area contributed by atoms with E-state index in [0.29, 0.717) is 11.5 Å². The van der Waals surface area contributed by atoms with Crippen molar-refractivity contribution in [2.75, 3.05) is 48.4 Å². The molecule has 0 aliphatic carbocycles. The highest BCUT2D eigenvalue weighted by atomic mass is 19.2. The molecule has 0 unspecified atom stereocenters. The summed E-state index contributed by atoms with van der Waals surface area (Å²) in [6.45, 7) is 3.27. The third-order valence-corrected chi connectivity index (χ3v) is 6.11. The Morgan fingerprint density at radius 3 is 2.56 bits per heavy atom. The molecule has 4 aromatic rings. The maximum absolute atomic E-state index is 13.4. The number of carbonyl (C=O) groups excluding carboxylic acids is 1. The standard InChI is InChI=1S/C25H25F2N7O2/c1-36-19-4-2-3-18(16-19)32-11-13-33(14-12-32)24-8-7-22-29-30-23(34(22)31-24)9-10-25(35)28-17-5-6-20(26)21(27)15-17/h2-8,15-16H,9-14H2,1H3,(H,28,35). The quantitative estimate of drug-likeness (QED) is 0.423. The van der Waals surface area contributed by atoms with Crippen molar-refractivity contribution in [1.29, 1.82) is 0 Å². The summed E-state index contributed by atoms with van der Waals surface area (Å²) in [5.74, 6) is -0.144. The Balaban J connectivity index is 1.22. The Labute approximate surface area is 206 Å². The van der Waals surface area contributed by atoms with Gasteiger partial charge in [-0.25, -0.2) is 8.78 Å². The number of anilines is 3. The molecule has 9 nitrogen and oxygen atoms in total. The number of rotatable bonds is 7. The number of fused-ring (bicyclic) bond motifs is 1. The van der Waals surface area contributed by atoms with Crippen LogP contribution in [0, 0.1) is 11.6 Å². The first-order valence-electron chi connectivity index (χ1n) is 11.6. The van der Waals surface area contributed by atoms with Gasteiger partial charge in [-0.3, -0.25) is 4.79 Å². The minimum Gasteiger partial charge on any atom is -0.497 e. The number of aromatic nitrogens is 4. The zero-order valence-electron chi connectivity index (χ0n) is 19.7. The van der Waals surface area contributed by atoms with Gasteiger partial charge in [0.05, 0.1) is 7.11 Å². The first-order chi connectivity index (χ1) is 17.5. The highest BCUT2D eigenvalue weighted by molar-refractivity contribution is 5.90. The predicted octanol–water partition coefficient (Wildman–Crippen LogP) is 3.31. The highest BCUT2D eigenvalue weighted by Gasteiger charge is 2.20. The van der Waals surface area contributed by atoms with E-state index in [2.05, 4.69) is 31.4 Å². The number of halogens is 2. The monoisotopic (exact) mass is 493 g/mol. The fourth-order valence-electron chi connectivity index (χ4n) is 4.17. The van der Waals surface area contributed by atoms with Crippen LogP contribution in [0.5, 0.6) is 5.75 Å². The van der Waals surface area contributed by atoms with Crippen molar-refractivity contribution in [3.05, 3.63) is 72.1 Å². The Morgan fingerprint density at radius 2 is 1.78 bits per heavy atom. The molecule has 0 radical (unpaired) electrons. The summed E-state index contributed by atoms with van der Waals surface area (Å²) < 4.78 is 33.4. The van der Waals surface area contributed by atoms with E-state index in [0.717, 1.165) is 55.6 Å². The van der Waals surface area contributed by atoms with Gasteiger partial charge in [0.1, 0.15) is 11.6 Å². The van der Waals surface area contributed by atoms with Gasteiger partial charge >= 0.3 is 0 Å². The number of amides is 1. The van der Waals surface area contributed by atoms with Gasteiger partial charge in [0.2, 0.25) is 5.91 Å². The molecule has 1 fully saturated rings. The van der Waals surface area contributed by atoms with E-state index < -0.39 is 11.6 Å². The van der Waals surface area contributed by atoms with Gasteiger partial charge in [0, 0.05) is 62.5 Å². The molecule has 186 valence electrons. The summed E-state index contributed by atoms with van der Waals surface area (Å²) in [6.07, 6.45) is 0.377. The molecule has 2 aromatic heterocycles. The molecule has 1 amide bonds. The average Bonchev–Trinajstić information content (AvgIpc) is 3.32. The molecule has 0 atom stereocenters. The lowest BCUT2D eigenvalue weighted by Gasteiger charge is -2.36. The summed E-state index contributed by atoms with van der Waals surface area (Å²) in [4.78, 5) is 16.8. The molecular weight excluding hydrogens is 468 g/mol. The molecule has 3 heterocycles. The van der Waals surface area contributed by atoms with E-state index in [1.807, 2.05) is 30.3 Å². The van der Waals surface area contributed by atoms with Crippen LogP contribution in [-0.4, -0.2) is 59.0 Å². The Bertz CT molecular complexity index is 1390. The van der Waals surface area contributed by atoms with Crippen molar-refractivity contribution >= 4 is 28.7 Å². The summed E-state index contributed by atoms with van der Waals surface area (Å²) >= 11 is 0. The summed E-state index contributed by atoms with van der Waals surface area (Å²) in [5, 5.41) is 15.6. The SMILES string of the molecule is COc1cccc(N2CCN(c3ccc4nnc(CCC(=O)Nc5ccc(F)c(F)c5)n4n3)CC2)c1. The van der Waals surface area contributed by atoms with E-state index in [4.69, 9.17) is 9.84 Å². The minimum absolute atomic E-state index is 0.0882. The molecule has 5 rings (SSSR count). The smallest absolute Gasteiger partial charge is 0.224 e. The molecule has 1 saturated heterocycles. The van der Waals surface area contributed by atoms with Gasteiger partial charge in [0.15, 0.2) is 23.1 Å². The molecule has 11 heteroatoms. The number of nitrogens with one attached hydrogen (secondary N) is 1.